The van der Waals surface area contributed by atoms with Crippen molar-refractivity contribution in [2.24, 2.45) is 0 Å². The van der Waals surface area contributed by atoms with Gasteiger partial charge in [-0.2, -0.15) is 0 Å². The molecule has 1 aliphatic heterocycles. The summed E-state index contributed by atoms with van der Waals surface area (Å²) in [6.45, 7) is 2.30. The van der Waals surface area contributed by atoms with E-state index in [1.165, 1.54) is 0 Å². The van der Waals surface area contributed by atoms with Gasteiger partial charge in [0.2, 0.25) is 0 Å². The van der Waals surface area contributed by atoms with E-state index >= 15 is 0 Å². The van der Waals surface area contributed by atoms with Gasteiger partial charge in [0.05, 0.1) is 6.10 Å². The number of nitrogens with zero attached hydrogens (tertiary/aromatic N) is 3. The highest BCUT2D eigenvalue weighted by Gasteiger charge is 2.31. The summed E-state index contributed by atoms with van der Waals surface area (Å²) in [7, 11) is 4.08. The monoisotopic (exact) mass is 303 g/mol. The Bertz CT molecular complexity index is 442. The Morgan fingerprint density at radius 3 is 2.84 bits per heavy atom. The first kappa shape index (κ1) is 15.0. The summed E-state index contributed by atoms with van der Waals surface area (Å²) in [6, 6.07) is 2.00. The van der Waals surface area contributed by atoms with Crippen LogP contribution in [-0.2, 0) is 6.54 Å². The van der Waals surface area contributed by atoms with Crippen molar-refractivity contribution in [1.82, 2.24) is 14.8 Å². The van der Waals surface area contributed by atoms with Crippen molar-refractivity contribution >= 4 is 23.2 Å². The smallest absolute Gasteiger partial charge is 0.130 e. The molecule has 0 spiro atoms. The Balaban J connectivity index is 2.07. The fourth-order valence-corrected chi connectivity index (χ4v) is 2.96. The number of aliphatic hydroxyl groups excluding tert-OH is 1. The number of hydrogen-bond acceptors (Lipinski definition) is 4. The number of likely N-dealkylation sites (N-methyl/N-ethyl adjacent to an activating group) is 1. The summed E-state index contributed by atoms with van der Waals surface area (Å²) in [5.41, 5.74) is 0.948. The number of aromatic nitrogens is 1. The third-order valence-corrected chi connectivity index (χ3v) is 3.91. The van der Waals surface area contributed by atoms with Gasteiger partial charge in [0, 0.05) is 42.5 Å². The Morgan fingerprint density at radius 2 is 2.21 bits per heavy atom. The number of hydrogen-bond donors (Lipinski definition) is 1. The second kappa shape index (κ2) is 6.37. The summed E-state index contributed by atoms with van der Waals surface area (Å²) in [6.07, 6.45) is 2.25. The maximum absolute atomic E-state index is 9.84. The van der Waals surface area contributed by atoms with Gasteiger partial charge in [-0.1, -0.05) is 23.2 Å². The summed E-state index contributed by atoms with van der Waals surface area (Å²) in [5.74, 6) is 0. The van der Waals surface area contributed by atoms with E-state index in [-0.39, 0.29) is 6.10 Å². The van der Waals surface area contributed by atoms with E-state index < -0.39 is 0 Å². The van der Waals surface area contributed by atoms with Gasteiger partial charge in [0.25, 0.3) is 0 Å². The van der Waals surface area contributed by atoms with E-state index in [0.717, 1.165) is 18.5 Å². The molecule has 2 atom stereocenters. The summed E-state index contributed by atoms with van der Waals surface area (Å²) in [5, 5.41) is 10.9. The van der Waals surface area contributed by atoms with Gasteiger partial charge in [0.15, 0.2) is 0 Å². The van der Waals surface area contributed by atoms with Crippen LogP contribution in [0.2, 0.25) is 10.2 Å². The molecule has 1 N–H and O–H groups in total. The Kier molecular flexibility index (Phi) is 5.03. The first-order chi connectivity index (χ1) is 8.95. The molecule has 1 saturated heterocycles. The number of pyridine rings is 1. The van der Waals surface area contributed by atoms with Crippen molar-refractivity contribution in [1.29, 1.82) is 0 Å². The molecular weight excluding hydrogens is 285 g/mol. The molecule has 0 aromatic carbocycles. The lowest BCUT2D eigenvalue weighted by atomic mass is 10.2. The number of likely N-dealkylation sites (tertiary alicyclic amines) is 1. The minimum Gasteiger partial charge on any atom is -0.392 e. The molecule has 4 nitrogen and oxygen atoms in total. The van der Waals surface area contributed by atoms with Crippen molar-refractivity contribution in [3.05, 3.63) is 28.0 Å². The first-order valence-corrected chi connectivity index (χ1v) is 7.08. The molecule has 1 fully saturated rings. The highest BCUT2D eigenvalue weighted by Crippen LogP contribution is 2.25. The van der Waals surface area contributed by atoms with Gasteiger partial charge in [-0.25, -0.2) is 4.98 Å². The second-order valence-corrected chi connectivity index (χ2v) is 6.13. The van der Waals surface area contributed by atoms with E-state index in [1.54, 1.807) is 12.3 Å². The highest BCUT2D eigenvalue weighted by molar-refractivity contribution is 6.34. The molecule has 2 rings (SSSR count). The lowest BCUT2D eigenvalue weighted by Gasteiger charge is -2.26. The molecule has 0 aliphatic carbocycles. The minimum atomic E-state index is -0.260. The lowest BCUT2D eigenvalue weighted by Crippen LogP contribution is -2.37. The van der Waals surface area contributed by atoms with E-state index in [1.807, 2.05) is 14.1 Å². The van der Waals surface area contributed by atoms with Crippen LogP contribution in [-0.4, -0.2) is 59.2 Å². The van der Waals surface area contributed by atoms with E-state index in [4.69, 9.17) is 23.2 Å². The van der Waals surface area contributed by atoms with Crippen LogP contribution in [0.25, 0.3) is 0 Å². The highest BCUT2D eigenvalue weighted by atomic mass is 35.5. The van der Waals surface area contributed by atoms with Crippen molar-refractivity contribution < 1.29 is 5.11 Å². The zero-order valence-electron chi connectivity index (χ0n) is 11.2. The van der Waals surface area contributed by atoms with Gasteiger partial charge in [0.1, 0.15) is 5.15 Å². The Labute approximate surface area is 123 Å². The van der Waals surface area contributed by atoms with Gasteiger partial charge in [-0.3, -0.25) is 4.90 Å². The topological polar surface area (TPSA) is 39.6 Å². The van der Waals surface area contributed by atoms with Crippen LogP contribution >= 0.6 is 23.2 Å². The molecular formula is C13H19Cl2N3O. The lowest BCUT2D eigenvalue weighted by molar-refractivity contribution is 0.169. The molecule has 0 amide bonds. The molecule has 1 aromatic heterocycles. The number of halogens is 2. The normalized spacial score (nSPS) is 24.3. The fraction of sp³-hybridized carbons (Fsp3) is 0.615. The quantitative estimate of drug-likeness (QED) is 0.862. The summed E-state index contributed by atoms with van der Waals surface area (Å²) < 4.78 is 0. The maximum atomic E-state index is 9.84. The molecule has 106 valence electrons. The molecule has 0 saturated carbocycles. The third kappa shape index (κ3) is 4.04. The van der Waals surface area contributed by atoms with Crippen LogP contribution in [0.5, 0.6) is 0 Å². The van der Waals surface area contributed by atoms with Gasteiger partial charge < -0.3 is 10.0 Å². The third-order valence-electron chi connectivity index (χ3n) is 3.35. The standard InChI is InChI=1S/C13H19Cl2N3O/c1-17(2)7-10-3-11(19)8-18(10)6-9-5-16-13(15)4-12(9)14/h4-5,10-11,19H,3,6-8H2,1-2H3. The predicted octanol–water partition coefficient (Wildman–Crippen LogP) is 1.89. The van der Waals surface area contributed by atoms with Crippen LogP contribution in [0.3, 0.4) is 0 Å². The summed E-state index contributed by atoms with van der Waals surface area (Å²) >= 11 is 12.0. The predicted molar refractivity (Wildman–Crippen MR) is 77.6 cm³/mol. The summed E-state index contributed by atoms with van der Waals surface area (Å²) in [4.78, 5) is 8.46. The molecule has 2 heterocycles. The molecule has 0 radical (unpaired) electrons. The first-order valence-electron chi connectivity index (χ1n) is 6.32. The van der Waals surface area contributed by atoms with E-state index in [0.29, 0.717) is 29.3 Å². The molecule has 1 aliphatic rings. The SMILES string of the molecule is CN(C)CC1CC(O)CN1Cc1cnc(Cl)cc1Cl. The van der Waals surface area contributed by atoms with Crippen molar-refractivity contribution in [2.75, 3.05) is 27.2 Å². The second-order valence-electron chi connectivity index (χ2n) is 5.33. The Morgan fingerprint density at radius 1 is 1.47 bits per heavy atom. The number of rotatable bonds is 4. The molecule has 0 bridgehead atoms. The average Bonchev–Trinajstić information content (AvgIpc) is 2.62. The molecule has 1 aromatic rings. The largest absolute Gasteiger partial charge is 0.392 e. The van der Waals surface area contributed by atoms with Crippen LogP contribution in [0.4, 0.5) is 0 Å². The van der Waals surface area contributed by atoms with Crippen molar-refractivity contribution in [3.8, 4) is 0 Å². The minimum absolute atomic E-state index is 0.260. The number of β-amino-alcohol motifs (C(OH)–C–C–N with tert-alkyl or cyclic N) is 1. The average molecular weight is 304 g/mol. The molecule has 2 unspecified atom stereocenters. The van der Waals surface area contributed by atoms with Gasteiger partial charge in [-0.05, 0) is 26.6 Å². The zero-order chi connectivity index (χ0) is 14.0. The molecule has 6 heteroatoms. The van der Waals surface area contributed by atoms with E-state index in [9.17, 15) is 5.11 Å². The Hall–Kier alpha value is -0.390. The zero-order valence-corrected chi connectivity index (χ0v) is 12.7. The van der Waals surface area contributed by atoms with Gasteiger partial charge in [-0.15, -0.1) is 0 Å². The van der Waals surface area contributed by atoms with Crippen molar-refractivity contribution in [3.63, 3.8) is 0 Å². The van der Waals surface area contributed by atoms with Crippen LogP contribution in [0.1, 0.15) is 12.0 Å². The molecule has 19 heavy (non-hydrogen) atoms. The van der Waals surface area contributed by atoms with Crippen LogP contribution in [0.15, 0.2) is 12.3 Å². The van der Waals surface area contributed by atoms with E-state index in [2.05, 4.69) is 14.8 Å². The van der Waals surface area contributed by atoms with Gasteiger partial charge >= 0.3 is 0 Å². The van der Waals surface area contributed by atoms with Crippen molar-refractivity contribution in [2.45, 2.75) is 25.1 Å². The van der Waals surface area contributed by atoms with Crippen LogP contribution < -0.4 is 0 Å². The maximum Gasteiger partial charge on any atom is 0.130 e. The number of aliphatic hydroxyl groups is 1. The fourth-order valence-electron chi connectivity index (χ4n) is 2.53. The van der Waals surface area contributed by atoms with Crippen LogP contribution in [0, 0.1) is 0 Å².